The number of rotatable bonds is 8. The Morgan fingerprint density at radius 2 is 2.04 bits per heavy atom. The fourth-order valence-electron chi connectivity index (χ4n) is 2.44. The van der Waals surface area contributed by atoms with Crippen LogP contribution in [0, 0.1) is 11.3 Å². The molecule has 6 heteroatoms. The zero-order valence-electron chi connectivity index (χ0n) is 14.5. The second-order valence-electron chi connectivity index (χ2n) is 5.86. The van der Waals surface area contributed by atoms with E-state index in [1.165, 1.54) is 0 Å². The lowest BCUT2D eigenvalue weighted by Crippen LogP contribution is -2.39. The first-order valence-corrected chi connectivity index (χ1v) is 8.83. The lowest BCUT2D eigenvalue weighted by molar-refractivity contribution is -0.128. The third kappa shape index (κ3) is 5.68. The van der Waals surface area contributed by atoms with E-state index in [4.69, 9.17) is 21.6 Å². The molecule has 0 saturated carbocycles. The number of nitriles is 1. The number of benzene rings is 2. The predicted molar refractivity (Wildman–Crippen MR) is 100 cm³/mol. The lowest BCUT2D eigenvalue weighted by Gasteiger charge is -2.18. The molecule has 1 atom stereocenters. The van der Waals surface area contributed by atoms with Gasteiger partial charge in [0.25, 0.3) is 5.91 Å². The average molecular weight is 373 g/mol. The molecular weight excluding hydrogens is 352 g/mol. The number of halogens is 1. The van der Waals surface area contributed by atoms with Gasteiger partial charge in [0, 0.05) is 12.6 Å². The van der Waals surface area contributed by atoms with Crippen LogP contribution in [0.3, 0.4) is 0 Å². The first kappa shape index (κ1) is 19.6. The highest BCUT2D eigenvalue weighted by Crippen LogP contribution is 2.23. The van der Waals surface area contributed by atoms with Crippen molar-refractivity contribution in [2.24, 2.45) is 0 Å². The molecule has 5 nitrogen and oxygen atoms in total. The highest BCUT2D eigenvalue weighted by molar-refractivity contribution is 6.31. The van der Waals surface area contributed by atoms with Gasteiger partial charge in [0.2, 0.25) is 0 Å². The number of nitrogens with zero attached hydrogens (tertiary/aromatic N) is 1. The summed E-state index contributed by atoms with van der Waals surface area (Å²) < 4.78 is 5.78. The van der Waals surface area contributed by atoms with E-state index in [2.05, 4.69) is 5.32 Å². The molecule has 2 aromatic carbocycles. The van der Waals surface area contributed by atoms with Crippen molar-refractivity contribution < 1.29 is 14.6 Å². The molecule has 0 aliphatic carbocycles. The van der Waals surface area contributed by atoms with Gasteiger partial charge < -0.3 is 15.2 Å². The minimum absolute atomic E-state index is 0.189. The standard InChI is InChI=1S/C20H21ClN2O3/c1-2-3-19(26-17-9-6-15(13-22)18(21)12-17)20(25)23-11-10-14-4-7-16(24)8-5-14/h4-9,12,19,24H,2-3,10-11H2,1H3,(H,23,25). The molecule has 0 spiro atoms. The SMILES string of the molecule is CCCC(Oc1ccc(C#N)c(Cl)c1)C(=O)NCCc1ccc(O)cc1. The van der Waals surface area contributed by atoms with E-state index in [1.54, 1.807) is 30.3 Å². The number of phenolic OH excluding ortho intramolecular Hbond substituents is 1. The molecule has 0 radical (unpaired) electrons. The van der Waals surface area contributed by atoms with Crippen molar-refractivity contribution in [3.63, 3.8) is 0 Å². The van der Waals surface area contributed by atoms with E-state index in [0.29, 0.717) is 35.7 Å². The van der Waals surface area contributed by atoms with Crippen LogP contribution in [-0.4, -0.2) is 23.7 Å². The van der Waals surface area contributed by atoms with Gasteiger partial charge in [-0.3, -0.25) is 4.79 Å². The van der Waals surface area contributed by atoms with Crippen LogP contribution in [0.25, 0.3) is 0 Å². The maximum atomic E-state index is 12.4. The number of hydrogen-bond donors (Lipinski definition) is 2. The second kappa shape index (κ2) is 9.69. The Bertz CT molecular complexity index is 785. The fourth-order valence-corrected chi connectivity index (χ4v) is 2.65. The largest absolute Gasteiger partial charge is 0.508 e. The highest BCUT2D eigenvalue weighted by Gasteiger charge is 2.19. The van der Waals surface area contributed by atoms with Crippen molar-refractivity contribution in [1.29, 1.82) is 5.26 Å². The molecule has 0 aliphatic heterocycles. The van der Waals surface area contributed by atoms with Crippen LogP contribution < -0.4 is 10.1 Å². The molecule has 0 aliphatic rings. The number of amides is 1. The Kier molecular flexibility index (Phi) is 7.31. The molecule has 2 rings (SSSR count). The fraction of sp³-hybridized carbons (Fsp3) is 0.300. The number of nitrogens with one attached hydrogen (secondary N) is 1. The molecule has 26 heavy (non-hydrogen) atoms. The van der Waals surface area contributed by atoms with Gasteiger partial charge in [0.05, 0.1) is 10.6 Å². The van der Waals surface area contributed by atoms with Crippen LogP contribution >= 0.6 is 11.6 Å². The smallest absolute Gasteiger partial charge is 0.261 e. The van der Waals surface area contributed by atoms with Gasteiger partial charge in [-0.1, -0.05) is 37.1 Å². The van der Waals surface area contributed by atoms with Crippen molar-refractivity contribution in [3.05, 3.63) is 58.6 Å². The quantitative estimate of drug-likeness (QED) is 0.737. The van der Waals surface area contributed by atoms with E-state index in [-0.39, 0.29) is 11.7 Å². The molecule has 0 aromatic heterocycles. The van der Waals surface area contributed by atoms with Crippen LogP contribution in [0.5, 0.6) is 11.5 Å². The lowest BCUT2D eigenvalue weighted by atomic mass is 10.1. The maximum Gasteiger partial charge on any atom is 0.261 e. The third-order valence-corrected chi connectivity index (χ3v) is 4.14. The Labute approximate surface area is 158 Å². The summed E-state index contributed by atoms with van der Waals surface area (Å²) in [5, 5.41) is 21.4. The average Bonchev–Trinajstić information content (AvgIpc) is 2.63. The predicted octanol–water partition coefficient (Wildman–Crippen LogP) is 3.82. The van der Waals surface area contributed by atoms with Crippen molar-refractivity contribution in [2.75, 3.05) is 6.54 Å². The molecule has 1 amide bonds. The molecule has 1 unspecified atom stereocenters. The van der Waals surface area contributed by atoms with E-state index in [0.717, 1.165) is 12.0 Å². The Morgan fingerprint density at radius 1 is 1.31 bits per heavy atom. The first-order chi connectivity index (χ1) is 12.5. The summed E-state index contributed by atoms with van der Waals surface area (Å²) in [4.78, 5) is 12.4. The van der Waals surface area contributed by atoms with E-state index < -0.39 is 6.10 Å². The van der Waals surface area contributed by atoms with Gasteiger partial charge in [0.15, 0.2) is 6.10 Å². The summed E-state index contributed by atoms with van der Waals surface area (Å²) in [6.45, 7) is 2.45. The number of carbonyl (C=O) groups is 1. The monoisotopic (exact) mass is 372 g/mol. The van der Waals surface area contributed by atoms with Gasteiger partial charge in [-0.2, -0.15) is 5.26 Å². The van der Waals surface area contributed by atoms with Gasteiger partial charge in [-0.15, -0.1) is 0 Å². The number of hydrogen-bond acceptors (Lipinski definition) is 4. The highest BCUT2D eigenvalue weighted by atomic mass is 35.5. The van der Waals surface area contributed by atoms with Gasteiger partial charge in [-0.25, -0.2) is 0 Å². The summed E-state index contributed by atoms with van der Waals surface area (Å²) in [7, 11) is 0. The minimum Gasteiger partial charge on any atom is -0.508 e. The number of carbonyl (C=O) groups excluding carboxylic acids is 1. The molecule has 2 N–H and O–H groups in total. The zero-order chi connectivity index (χ0) is 18.9. The maximum absolute atomic E-state index is 12.4. The topological polar surface area (TPSA) is 82.3 Å². The van der Waals surface area contributed by atoms with Crippen LogP contribution in [0.15, 0.2) is 42.5 Å². The van der Waals surface area contributed by atoms with Crippen molar-refractivity contribution in [1.82, 2.24) is 5.32 Å². The molecule has 0 bridgehead atoms. The summed E-state index contributed by atoms with van der Waals surface area (Å²) in [5.41, 5.74) is 1.39. The van der Waals surface area contributed by atoms with Gasteiger partial charge in [-0.05, 0) is 42.7 Å². The number of ether oxygens (including phenoxy) is 1. The van der Waals surface area contributed by atoms with E-state index >= 15 is 0 Å². The van der Waals surface area contributed by atoms with Gasteiger partial charge in [0.1, 0.15) is 17.6 Å². The van der Waals surface area contributed by atoms with Crippen molar-refractivity contribution in [3.8, 4) is 17.6 Å². The van der Waals surface area contributed by atoms with Crippen LogP contribution in [0.1, 0.15) is 30.9 Å². The zero-order valence-corrected chi connectivity index (χ0v) is 15.3. The van der Waals surface area contributed by atoms with Crippen molar-refractivity contribution >= 4 is 17.5 Å². The Balaban J connectivity index is 1.93. The third-order valence-electron chi connectivity index (χ3n) is 3.83. The summed E-state index contributed by atoms with van der Waals surface area (Å²) in [5.74, 6) is 0.488. The molecule has 0 saturated heterocycles. The second-order valence-corrected chi connectivity index (χ2v) is 6.26. The number of phenols is 1. The normalized spacial score (nSPS) is 11.4. The van der Waals surface area contributed by atoms with Crippen LogP contribution in [0.2, 0.25) is 5.02 Å². The van der Waals surface area contributed by atoms with Crippen molar-refractivity contribution in [2.45, 2.75) is 32.3 Å². The van der Waals surface area contributed by atoms with Crippen LogP contribution in [0.4, 0.5) is 0 Å². The van der Waals surface area contributed by atoms with E-state index in [9.17, 15) is 9.90 Å². The number of aromatic hydroxyl groups is 1. The summed E-state index contributed by atoms with van der Waals surface area (Å²) in [6.07, 6.45) is 1.40. The van der Waals surface area contributed by atoms with E-state index in [1.807, 2.05) is 25.1 Å². The Hall–Kier alpha value is -2.71. The molecule has 0 fully saturated rings. The molecule has 2 aromatic rings. The Morgan fingerprint density at radius 3 is 2.65 bits per heavy atom. The summed E-state index contributed by atoms with van der Waals surface area (Å²) >= 11 is 6.01. The molecule has 0 heterocycles. The molecular formula is C20H21ClN2O3. The minimum atomic E-state index is -0.621. The first-order valence-electron chi connectivity index (χ1n) is 8.45. The van der Waals surface area contributed by atoms with Crippen LogP contribution in [-0.2, 0) is 11.2 Å². The van der Waals surface area contributed by atoms with Gasteiger partial charge >= 0.3 is 0 Å². The molecule has 136 valence electrons. The summed E-state index contributed by atoms with van der Waals surface area (Å²) in [6, 6.07) is 13.6.